The smallest absolute Gasteiger partial charge is 0.462 e. The number of unbranched alkanes of at least 4 members (excludes halogenated alkanes) is 26. The minimum atomic E-state index is -4.34. The third kappa shape index (κ3) is 68.3. The van der Waals surface area contributed by atoms with E-state index in [2.05, 4.69) is 114 Å². The highest BCUT2D eigenvalue weighted by atomic mass is 31.2. The number of allylic oxidation sites excluding steroid dienone is 4. The van der Waals surface area contributed by atoms with Crippen molar-refractivity contribution in [1.82, 2.24) is 21.3 Å². The Labute approximate surface area is 668 Å². The second-order valence-electron chi connectivity index (χ2n) is 29.9. The standard InChI is InChI=1S/C86H160N4O18P2/c1-11-19-25-31-33-35-37-43-49-55-85(95)107-79(53-47-41-29-23-15-5)69-83(93)89-77(71-99-65-59-75(9)51-45-39-27-21-13-3)73-105-109(97,101-63-17-7)103-67-61-87-81(91)57-58-82(92)88-62-68-104-110(98,102-64-18-8)106-74-78(72-100-66-60-76(10)52-46-40-28-22-14-4)90-84(94)70-80(54-48-42-30-24-16-6)108-86(96)56-50-44-38-36-34-32-26-20-12-2/h17-18,35-38,75-80H,7-8,11-16,19-34,39-74H2,1-6,9-10H3,(H,87,91)(H,88,92)(H,89,93)(H,90,94)/b37-35-,38-36-/t75-,76-,77?,78?,79-,80-,109?,110?/m1/s1. The monoisotopic (exact) mass is 1600 g/mol. The number of hydrogen-bond acceptors (Lipinski definition) is 18. The van der Waals surface area contributed by atoms with Gasteiger partial charge in [-0.3, -0.25) is 55.9 Å². The summed E-state index contributed by atoms with van der Waals surface area (Å²) in [5.74, 6) is -1.59. The van der Waals surface area contributed by atoms with Crippen molar-refractivity contribution in [2.75, 3.05) is 79.2 Å². The number of hydrogen-bond donors (Lipinski definition) is 4. The number of esters is 2. The Morgan fingerprint density at radius 2 is 0.664 bits per heavy atom. The summed E-state index contributed by atoms with van der Waals surface area (Å²) in [6.07, 6.45) is 51.4. The lowest BCUT2D eigenvalue weighted by atomic mass is 9.99. The zero-order valence-electron chi connectivity index (χ0n) is 70.6. The highest BCUT2D eigenvalue weighted by Crippen LogP contribution is 2.50. The molecule has 4 N–H and O–H groups in total. The van der Waals surface area contributed by atoms with Crippen LogP contribution in [-0.2, 0) is 84.0 Å². The van der Waals surface area contributed by atoms with E-state index in [1.54, 1.807) is 0 Å². The van der Waals surface area contributed by atoms with E-state index in [0.29, 0.717) is 50.7 Å². The lowest BCUT2D eigenvalue weighted by molar-refractivity contribution is -0.152. The molecule has 0 aliphatic heterocycles. The maximum atomic E-state index is 14.1. The van der Waals surface area contributed by atoms with Crippen molar-refractivity contribution >= 4 is 51.2 Å². The Morgan fingerprint density at radius 3 is 1.00 bits per heavy atom. The van der Waals surface area contributed by atoms with Crippen molar-refractivity contribution in [3.63, 3.8) is 0 Å². The van der Waals surface area contributed by atoms with Crippen LogP contribution in [0.25, 0.3) is 0 Å². The van der Waals surface area contributed by atoms with Crippen molar-refractivity contribution in [1.29, 1.82) is 0 Å². The highest BCUT2D eigenvalue weighted by Gasteiger charge is 2.32. The van der Waals surface area contributed by atoms with Gasteiger partial charge in [0.1, 0.15) is 12.2 Å². The van der Waals surface area contributed by atoms with Crippen LogP contribution in [-0.4, -0.2) is 139 Å². The summed E-state index contributed by atoms with van der Waals surface area (Å²) in [6, 6.07) is -1.60. The predicted octanol–water partition coefficient (Wildman–Crippen LogP) is 21.2. The number of rotatable bonds is 83. The molecule has 110 heavy (non-hydrogen) atoms. The van der Waals surface area contributed by atoms with Crippen molar-refractivity contribution in [2.24, 2.45) is 11.8 Å². The maximum Gasteiger partial charge on any atom is 0.475 e. The molecule has 0 saturated heterocycles. The zero-order chi connectivity index (χ0) is 81.1. The normalized spacial score (nSPS) is 14.4. The first-order valence-electron chi connectivity index (χ1n) is 43.6. The van der Waals surface area contributed by atoms with Gasteiger partial charge in [-0.1, -0.05) is 259 Å². The van der Waals surface area contributed by atoms with E-state index in [9.17, 15) is 37.9 Å². The summed E-state index contributed by atoms with van der Waals surface area (Å²) in [6.45, 7) is 23.9. The van der Waals surface area contributed by atoms with Gasteiger partial charge in [0, 0.05) is 52.0 Å². The molecule has 0 aromatic carbocycles. The Morgan fingerprint density at radius 1 is 0.345 bits per heavy atom. The van der Waals surface area contributed by atoms with Crippen LogP contribution in [0.3, 0.4) is 0 Å². The molecule has 0 aliphatic carbocycles. The van der Waals surface area contributed by atoms with Crippen LogP contribution in [0.2, 0.25) is 0 Å². The van der Waals surface area contributed by atoms with Crippen LogP contribution in [0.5, 0.6) is 0 Å². The molecule has 0 heterocycles. The zero-order valence-corrected chi connectivity index (χ0v) is 72.4. The van der Waals surface area contributed by atoms with Gasteiger partial charge in [-0.2, -0.15) is 0 Å². The first-order chi connectivity index (χ1) is 53.3. The Hall–Kier alpha value is -4.08. The Bertz CT molecular complexity index is 2280. The van der Waals surface area contributed by atoms with E-state index in [0.717, 1.165) is 141 Å². The fourth-order valence-electron chi connectivity index (χ4n) is 12.1. The first kappa shape index (κ1) is 106. The van der Waals surface area contributed by atoms with Gasteiger partial charge < -0.3 is 40.2 Å². The lowest BCUT2D eigenvalue weighted by Crippen LogP contribution is -2.43. The summed E-state index contributed by atoms with van der Waals surface area (Å²) in [5.41, 5.74) is 0. The van der Waals surface area contributed by atoms with Crippen molar-refractivity contribution in [2.45, 2.75) is 375 Å². The molecule has 0 aliphatic rings. The number of carbonyl (C=O) groups is 6. The quantitative estimate of drug-likeness (QED) is 0.0191. The second-order valence-corrected chi connectivity index (χ2v) is 33.2. The molecule has 0 rings (SSSR count). The van der Waals surface area contributed by atoms with Gasteiger partial charge in [-0.15, -0.1) is 13.2 Å². The summed E-state index contributed by atoms with van der Waals surface area (Å²) in [5, 5.41) is 11.3. The minimum absolute atomic E-state index is 0.0276. The molecule has 0 radical (unpaired) electrons. The van der Waals surface area contributed by atoms with Gasteiger partial charge in [-0.05, 0) is 102 Å². The molecule has 4 amide bonds. The number of amides is 4. The number of phosphoric acid groups is 2. The predicted molar refractivity (Wildman–Crippen MR) is 446 cm³/mol. The fraction of sp³-hybridized carbons (Fsp3) is 0.837. The second kappa shape index (κ2) is 76.2. The van der Waals surface area contributed by atoms with Crippen molar-refractivity contribution in [3.8, 4) is 0 Å². The third-order valence-corrected chi connectivity index (χ3v) is 21.8. The molecular formula is C86H160N4O18P2. The average molecular weight is 1600 g/mol. The Balaban J connectivity index is 5.96. The van der Waals surface area contributed by atoms with E-state index in [1.165, 1.54) is 102 Å². The van der Waals surface area contributed by atoms with Crippen LogP contribution in [0.1, 0.15) is 351 Å². The highest BCUT2D eigenvalue weighted by molar-refractivity contribution is 7.48. The van der Waals surface area contributed by atoms with E-state index >= 15 is 0 Å². The SMILES string of the molecule is C=CCOP(=O)(OCCNC(=O)CCC(=O)NCCOP(=O)(OCC=C)OCC(COCC[C@H](C)CCCCCCC)NC(=O)C[C@@H](CCCCCCC)OC(=O)CCC/C=C\CCCCCC)OCC(COCC[C@H](C)CCCCCCC)NC(=O)C[C@@H](CCCCCCC)OC(=O)CCC/C=C\CCCCCC. The molecule has 0 aromatic heterocycles. The molecular weight excluding hydrogens is 1440 g/mol. The van der Waals surface area contributed by atoms with Crippen LogP contribution in [0.4, 0.5) is 0 Å². The van der Waals surface area contributed by atoms with Crippen LogP contribution in [0.15, 0.2) is 49.6 Å². The van der Waals surface area contributed by atoms with E-state index in [4.69, 9.17) is 46.1 Å². The molecule has 0 fully saturated rings. The number of nitrogens with one attached hydrogen (secondary N) is 4. The van der Waals surface area contributed by atoms with Gasteiger partial charge in [0.2, 0.25) is 23.6 Å². The van der Waals surface area contributed by atoms with Gasteiger partial charge in [0.25, 0.3) is 0 Å². The van der Waals surface area contributed by atoms with Crippen molar-refractivity contribution < 1.29 is 84.0 Å². The van der Waals surface area contributed by atoms with Gasteiger partial charge >= 0.3 is 27.6 Å². The largest absolute Gasteiger partial charge is 0.475 e. The molecule has 4 unspecified atom stereocenters. The number of carbonyl (C=O) groups excluding carboxylic acids is 6. The number of phosphoric ester groups is 2. The van der Waals surface area contributed by atoms with E-state index in [-0.39, 0.29) is 128 Å². The van der Waals surface area contributed by atoms with Crippen molar-refractivity contribution in [3.05, 3.63) is 49.6 Å². The topological polar surface area (TPSA) is 277 Å². The van der Waals surface area contributed by atoms with Crippen LogP contribution < -0.4 is 21.3 Å². The van der Waals surface area contributed by atoms with Gasteiger partial charge in [-0.25, -0.2) is 9.13 Å². The Kier molecular flexibility index (Phi) is 73.4. The maximum absolute atomic E-state index is 14.1. The minimum Gasteiger partial charge on any atom is -0.462 e. The lowest BCUT2D eigenvalue weighted by Gasteiger charge is -2.24. The van der Waals surface area contributed by atoms with Crippen LogP contribution >= 0.6 is 15.6 Å². The van der Waals surface area contributed by atoms with Gasteiger partial charge in [0.15, 0.2) is 0 Å². The van der Waals surface area contributed by atoms with Crippen LogP contribution in [0, 0.1) is 11.8 Å². The van der Waals surface area contributed by atoms with Gasteiger partial charge in [0.05, 0.1) is 77.8 Å². The summed E-state index contributed by atoms with van der Waals surface area (Å²) in [7, 11) is -8.68. The first-order valence-corrected chi connectivity index (χ1v) is 46.5. The summed E-state index contributed by atoms with van der Waals surface area (Å²) < 4.78 is 86.7. The van der Waals surface area contributed by atoms with E-state index < -0.39 is 51.8 Å². The fourth-order valence-corrected chi connectivity index (χ4v) is 14.5. The summed E-state index contributed by atoms with van der Waals surface area (Å²) in [4.78, 5) is 80.2. The molecule has 0 bridgehead atoms. The number of ether oxygens (including phenoxy) is 4. The molecule has 22 nitrogen and oxygen atoms in total. The molecule has 642 valence electrons. The average Bonchev–Trinajstić information content (AvgIpc) is 0.889. The van der Waals surface area contributed by atoms with E-state index in [1.807, 2.05) is 0 Å². The summed E-state index contributed by atoms with van der Waals surface area (Å²) >= 11 is 0. The molecule has 8 atom stereocenters. The molecule has 0 saturated carbocycles. The third-order valence-electron chi connectivity index (χ3n) is 18.9. The molecule has 0 aromatic rings. The molecule has 0 spiro atoms. The molecule has 24 heteroatoms.